The van der Waals surface area contributed by atoms with Gasteiger partial charge in [-0.3, -0.25) is 9.59 Å². The molecule has 1 aliphatic rings. The number of hydrogen-bond donors (Lipinski definition) is 3. The van der Waals surface area contributed by atoms with Crippen LogP contribution in [-0.2, 0) is 9.59 Å². The summed E-state index contributed by atoms with van der Waals surface area (Å²) < 4.78 is 0. The van der Waals surface area contributed by atoms with Crippen LogP contribution in [-0.4, -0.2) is 36.6 Å². The lowest BCUT2D eigenvalue weighted by Gasteiger charge is -2.26. The highest BCUT2D eigenvalue weighted by molar-refractivity contribution is 5.79. The van der Waals surface area contributed by atoms with Crippen LogP contribution in [0.25, 0.3) is 0 Å². The summed E-state index contributed by atoms with van der Waals surface area (Å²) in [7, 11) is 0. The first-order chi connectivity index (χ1) is 8.13. The van der Waals surface area contributed by atoms with Crippen LogP contribution in [0.15, 0.2) is 0 Å². The highest BCUT2D eigenvalue weighted by atomic mass is 16.4. The van der Waals surface area contributed by atoms with Crippen LogP contribution in [0.3, 0.4) is 0 Å². The minimum absolute atomic E-state index is 0.122. The molecule has 0 aromatic carbocycles. The third-order valence-electron chi connectivity index (χ3n) is 3.35. The Bertz CT molecular complexity index is 264. The van der Waals surface area contributed by atoms with Gasteiger partial charge in [0, 0.05) is 26.1 Å². The Hall–Kier alpha value is -1.10. The van der Waals surface area contributed by atoms with E-state index >= 15 is 0 Å². The molecule has 3 N–H and O–H groups in total. The SMILES string of the molecule is CCC(CCNC(=O)C1CNC1)CCC(=O)O. The van der Waals surface area contributed by atoms with E-state index in [0.29, 0.717) is 18.9 Å². The van der Waals surface area contributed by atoms with Gasteiger partial charge in [0.2, 0.25) is 5.91 Å². The second kappa shape index (κ2) is 7.27. The van der Waals surface area contributed by atoms with E-state index in [4.69, 9.17) is 5.11 Å². The fraction of sp³-hybridized carbons (Fsp3) is 0.833. The average molecular weight is 242 g/mol. The van der Waals surface area contributed by atoms with Crippen molar-refractivity contribution in [3.63, 3.8) is 0 Å². The lowest BCUT2D eigenvalue weighted by atomic mass is 9.96. The van der Waals surface area contributed by atoms with E-state index in [9.17, 15) is 9.59 Å². The summed E-state index contributed by atoms with van der Waals surface area (Å²) in [5.41, 5.74) is 0. The van der Waals surface area contributed by atoms with Crippen LogP contribution >= 0.6 is 0 Å². The van der Waals surface area contributed by atoms with Crippen molar-refractivity contribution in [1.29, 1.82) is 0 Å². The molecule has 5 nitrogen and oxygen atoms in total. The largest absolute Gasteiger partial charge is 0.481 e. The van der Waals surface area contributed by atoms with E-state index < -0.39 is 5.97 Å². The van der Waals surface area contributed by atoms with E-state index in [0.717, 1.165) is 25.9 Å². The number of carbonyl (C=O) groups excluding carboxylic acids is 1. The summed E-state index contributed by atoms with van der Waals surface area (Å²) in [4.78, 5) is 22.0. The minimum Gasteiger partial charge on any atom is -0.481 e. The quantitative estimate of drug-likeness (QED) is 0.582. The molecule has 1 saturated heterocycles. The summed E-state index contributed by atoms with van der Waals surface area (Å²) in [5, 5.41) is 14.6. The van der Waals surface area contributed by atoms with Crippen molar-refractivity contribution in [2.24, 2.45) is 11.8 Å². The average Bonchev–Trinajstić information content (AvgIpc) is 2.20. The van der Waals surface area contributed by atoms with Gasteiger partial charge < -0.3 is 15.7 Å². The van der Waals surface area contributed by atoms with Gasteiger partial charge in [-0.05, 0) is 18.8 Å². The van der Waals surface area contributed by atoms with Crippen LogP contribution in [0.2, 0.25) is 0 Å². The van der Waals surface area contributed by atoms with Gasteiger partial charge >= 0.3 is 5.97 Å². The Labute approximate surface area is 102 Å². The van der Waals surface area contributed by atoms with Gasteiger partial charge in [0.15, 0.2) is 0 Å². The molecule has 5 heteroatoms. The second-order valence-corrected chi connectivity index (χ2v) is 4.64. The van der Waals surface area contributed by atoms with E-state index in [1.807, 2.05) is 0 Å². The lowest BCUT2D eigenvalue weighted by molar-refractivity contribution is -0.137. The molecule has 1 atom stereocenters. The van der Waals surface area contributed by atoms with Crippen molar-refractivity contribution in [3.05, 3.63) is 0 Å². The molecule has 0 aliphatic carbocycles. The predicted octanol–water partition coefficient (Wildman–Crippen LogP) is 0.603. The molecule has 1 unspecified atom stereocenters. The van der Waals surface area contributed by atoms with Crippen LogP contribution in [0.1, 0.15) is 32.6 Å². The standard InChI is InChI=1S/C12H22N2O3/c1-2-9(3-4-11(15)16)5-6-14-12(17)10-7-13-8-10/h9-10,13H,2-8H2,1H3,(H,14,17)(H,15,16). The first kappa shape index (κ1) is 14.0. The fourth-order valence-corrected chi connectivity index (χ4v) is 1.90. The summed E-state index contributed by atoms with van der Waals surface area (Å²) >= 11 is 0. The van der Waals surface area contributed by atoms with Gasteiger partial charge in [-0.25, -0.2) is 0 Å². The molecular formula is C12H22N2O3. The molecule has 1 aliphatic heterocycles. The Morgan fingerprint density at radius 2 is 2.12 bits per heavy atom. The van der Waals surface area contributed by atoms with Gasteiger partial charge in [-0.1, -0.05) is 13.3 Å². The van der Waals surface area contributed by atoms with Crippen molar-refractivity contribution in [2.75, 3.05) is 19.6 Å². The molecule has 17 heavy (non-hydrogen) atoms. The van der Waals surface area contributed by atoms with Gasteiger partial charge in [0.25, 0.3) is 0 Å². The Kier molecular flexibility index (Phi) is 5.97. The van der Waals surface area contributed by atoms with Crippen LogP contribution < -0.4 is 10.6 Å². The van der Waals surface area contributed by atoms with E-state index in [2.05, 4.69) is 17.6 Å². The van der Waals surface area contributed by atoms with Crippen LogP contribution in [0, 0.1) is 11.8 Å². The van der Waals surface area contributed by atoms with E-state index in [1.165, 1.54) is 0 Å². The molecule has 0 spiro atoms. The third-order valence-corrected chi connectivity index (χ3v) is 3.35. The second-order valence-electron chi connectivity index (χ2n) is 4.64. The summed E-state index contributed by atoms with van der Waals surface area (Å²) in [6, 6.07) is 0. The van der Waals surface area contributed by atoms with Crippen molar-refractivity contribution in [1.82, 2.24) is 10.6 Å². The summed E-state index contributed by atoms with van der Waals surface area (Å²) in [5.74, 6) is -0.0927. The summed E-state index contributed by atoms with van der Waals surface area (Å²) in [6.07, 6.45) is 2.76. The maximum absolute atomic E-state index is 11.5. The van der Waals surface area contributed by atoms with Gasteiger partial charge in [-0.15, -0.1) is 0 Å². The van der Waals surface area contributed by atoms with E-state index in [-0.39, 0.29) is 18.2 Å². The number of rotatable bonds is 8. The number of carbonyl (C=O) groups is 2. The minimum atomic E-state index is -0.743. The van der Waals surface area contributed by atoms with Crippen molar-refractivity contribution < 1.29 is 14.7 Å². The number of nitrogens with one attached hydrogen (secondary N) is 2. The highest BCUT2D eigenvalue weighted by Gasteiger charge is 2.24. The molecular weight excluding hydrogens is 220 g/mol. The number of carboxylic acids is 1. The summed E-state index contributed by atoms with van der Waals surface area (Å²) in [6.45, 7) is 4.28. The molecule has 98 valence electrons. The molecule has 1 amide bonds. The zero-order chi connectivity index (χ0) is 12.7. The number of carboxylic acid groups (broad SMARTS) is 1. The third kappa shape index (κ3) is 5.17. The zero-order valence-corrected chi connectivity index (χ0v) is 10.4. The normalized spacial score (nSPS) is 17.2. The maximum Gasteiger partial charge on any atom is 0.303 e. The monoisotopic (exact) mass is 242 g/mol. The topological polar surface area (TPSA) is 78.4 Å². The highest BCUT2D eigenvalue weighted by Crippen LogP contribution is 2.14. The Morgan fingerprint density at radius 3 is 2.59 bits per heavy atom. The van der Waals surface area contributed by atoms with Gasteiger partial charge in [-0.2, -0.15) is 0 Å². The first-order valence-corrected chi connectivity index (χ1v) is 6.33. The Morgan fingerprint density at radius 1 is 1.41 bits per heavy atom. The molecule has 0 aromatic rings. The first-order valence-electron chi connectivity index (χ1n) is 6.33. The maximum atomic E-state index is 11.5. The Balaban J connectivity index is 2.09. The molecule has 1 rings (SSSR count). The van der Waals surface area contributed by atoms with Gasteiger partial charge in [0.05, 0.1) is 5.92 Å². The molecule has 0 aromatic heterocycles. The number of hydrogen-bond acceptors (Lipinski definition) is 3. The van der Waals surface area contributed by atoms with Crippen LogP contribution in [0.5, 0.6) is 0 Å². The van der Waals surface area contributed by atoms with Crippen molar-refractivity contribution in [2.45, 2.75) is 32.6 Å². The fourth-order valence-electron chi connectivity index (χ4n) is 1.90. The van der Waals surface area contributed by atoms with Crippen molar-refractivity contribution in [3.8, 4) is 0 Å². The zero-order valence-electron chi connectivity index (χ0n) is 10.4. The molecule has 1 fully saturated rings. The smallest absolute Gasteiger partial charge is 0.303 e. The molecule has 0 bridgehead atoms. The molecule has 0 saturated carbocycles. The predicted molar refractivity (Wildman–Crippen MR) is 64.6 cm³/mol. The molecule has 0 radical (unpaired) electrons. The van der Waals surface area contributed by atoms with Crippen molar-refractivity contribution >= 4 is 11.9 Å². The number of aliphatic carboxylic acids is 1. The number of amides is 1. The molecule has 1 heterocycles. The van der Waals surface area contributed by atoms with E-state index in [1.54, 1.807) is 0 Å². The van der Waals surface area contributed by atoms with Gasteiger partial charge in [0.1, 0.15) is 0 Å². The van der Waals surface area contributed by atoms with Crippen LogP contribution in [0.4, 0.5) is 0 Å². The lowest BCUT2D eigenvalue weighted by Crippen LogP contribution is -2.51.